The van der Waals surface area contributed by atoms with Crippen LogP contribution in [-0.2, 0) is 4.74 Å². The SMILES string of the molecule is CN1CCN(C(=O)c2cc3ccccc3oc2=O)C2(CCOCC2)CC1. The van der Waals surface area contributed by atoms with Gasteiger partial charge in [0, 0.05) is 43.8 Å². The van der Waals surface area contributed by atoms with E-state index in [0.29, 0.717) is 25.3 Å². The van der Waals surface area contributed by atoms with E-state index in [1.54, 1.807) is 12.1 Å². The molecule has 0 atom stereocenters. The van der Waals surface area contributed by atoms with Gasteiger partial charge in [0.15, 0.2) is 0 Å². The first-order chi connectivity index (χ1) is 12.6. The van der Waals surface area contributed by atoms with Crippen molar-refractivity contribution < 1.29 is 13.9 Å². The molecule has 138 valence electrons. The molecule has 2 aliphatic rings. The number of likely N-dealkylation sites (N-methyl/N-ethyl adjacent to an activating group) is 1. The van der Waals surface area contributed by atoms with Crippen molar-refractivity contribution in [2.75, 3.05) is 39.9 Å². The first kappa shape index (κ1) is 17.2. The molecule has 6 heteroatoms. The molecular weight excluding hydrogens is 332 g/mol. The normalized spacial score (nSPS) is 21.0. The maximum Gasteiger partial charge on any atom is 0.349 e. The van der Waals surface area contributed by atoms with Gasteiger partial charge in [-0.1, -0.05) is 18.2 Å². The summed E-state index contributed by atoms with van der Waals surface area (Å²) in [6.07, 6.45) is 2.52. The van der Waals surface area contributed by atoms with E-state index < -0.39 is 5.63 Å². The summed E-state index contributed by atoms with van der Waals surface area (Å²) in [6.45, 7) is 3.66. The fourth-order valence-electron chi connectivity index (χ4n) is 4.10. The van der Waals surface area contributed by atoms with Crippen molar-refractivity contribution >= 4 is 16.9 Å². The number of fused-ring (bicyclic) bond motifs is 1. The number of ether oxygens (including phenoxy) is 1. The Hall–Kier alpha value is -2.18. The Balaban J connectivity index is 1.75. The summed E-state index contributed by atoms with van der Waals surface area (Å²) in [6, 6.07) is 8.96. The van der Waals surface area contributed by atoms with E-state index in [2.05, 4.69) is 11.9 Å². The van der Waals surface area contributed by atoms with Crippen molar-refractivity contribution in [3.8, 4) is 0 Å². The Morgan fingerprint density at radius 2 is 1.85 bits per heavy atom. The van der Waals surface area contributed by atoms with Crippen molar-refractivity contribution in [1.29, 1.82) is 0 Å². The van der Waals surface area contributed by atoms with Crippen LogP contribution in [0.1, 0.15) is 29.6 Å². The smallest absolute Gasteiger partial charge is 0.349 e. The lowest BCUT2D eigenvalue weighted by molar-refractivity contribution is -0.0185. The Bertz CT molecular complexity index is 869. The van der Waals surface area contributed by atoms with Gasteiger partial charge in [0.25, 0.3) is 5.91 Å². The fraction of sp³-hybridized carbons (Fsp3) is 0.500. The largest absolute Gasteiger partial charge is 0.422 e. The lowest BCUT2D eigenvalue weighted by Crippen LogP contribution is -2.55. The number of amides is 1. The number of carbonyl (C=O) groups is 1. The molecule has 2 fully saturated rings. The molecule has 0 saturated carbocycles. The number of para-hydroxylation sites is 1. The van der Waals surface area contributed by atoms with Crippen molar-refractivity contribution in [3.63, 3.8) is 0 Å². The maximum atomic E-state index is 13.4. The second-order valence-corrected chi connectivity index (χ2v) is 7.33. The zero-order valence-corrected chi connectivity index (χ0v) is 15.1. The number of hydrogen-bond donors (Lipinski definition) is 0. The lowest BCUT2D eigenvalue weighted by Gasteiger charge is -2.45. The van der Waals surface area contributed by atoms with Gasteiger partial charge in [0.05, 0.1) is 0 Å². The monoisotopic (exact) mass is 356 g/mol. The zero-order chi connectivity index (χ0) is 18.1. The third kappa shape index (κ3) is 3.04. The van der Waals surface area contributed by atoms with Crippen LogP contribution in [0.15, 0.2) is 39.5 Å². The molecule has 1 aromatic heterocycles. The van der Waals surface area contributed by atoms with Gasteiger partial charge in [-0.3, -0.25) is 4.79 Å². The van der Waals surface area contributed by atoms with Crippen LogP contribution in [-0.4, -0.2) is 61.1 Å². The molecule has 6 nitrogen and oxygen atoms in total. The van der Waals surface area contributed by atoms with Gasteiger partial charge in [-0.25, -0.2) is 4.79 Å². The molecule has 3 heterocycles. The van der Waals surface area contributed by atoms with E-state index in [4.69, 9.17) is 9.15 Å². The molecule has 4 rings (SSSR count). The molecule has 0 unspecified atom stereocenters. The third-order valence-corrected chi connectivity index (χ3v) is 5.78. The van der Waals surface area contributed by atoms with Crippen molar-refractivity contribution in [1.82, 2.24) is 9.80 Å². The number of benzene rings is 1. The fourth-order valence-corrected chi connectivity index (χ4v) is 4.10. The van der Waals surface area contributed by atoms with E-state index >= 15 is 0 Å². The molecule has 0 aliphatic carbocycles. The van der Waals surface area contributed by atoms with Crippen LogP contribution in [0.25, 0.3) is 11.0 Å². The predicted molar refractivity (Wildman–Crippen MR) is 98.4 cm³/mol. The van der Waals surface area contributed by atoms with Crippen LogP contribution >= 0.6 is 0 Å². The number of rotatable bonds is 1. The topological polar surface area (TPSA) is 63.0 Å². The van der Waals surface area contributed by atoms with Crippen LogP contribution in [0.3, 0.4) is 0 Å². The molecule has 1 amide bonds. The summed E-state index contributed by atoms with van der Waals surface area (Å²) in [5, 5.41) is 0.767. The minimum absolute atomic E-state index is 0.124. The standard InChI is InChI=1S/C20H24N2O4/c1-21-9-6-20(7-12-25-13-8-20)22(11-10-21)18(23)16-14-15-4-2-3-5-17(15)26-19(16)24/h2-5,14H,6-13H2,1H3. The molecular formula is C20H24N2O4. The van der Waals surface area contributed by atoms with E-state index in [1.807, 2.05) is 23.1 Å². The van der Waals surface area contributed by atoms with Crippen molar-refractivity contribution in [2.45, 2.75) is 24.8 Å². The highest BCUT2D eigenvalue weighted by atomic mass is 16.5. The second kappa shape index (κ2) is 6.85. The van der Waals surface area contributed by atoms with Crippen LogP contribution in [0, 0.1) is 0 Å². The van der Waals surface area contributed by atoms with E-state index in [1.165, 1.54) is 0 Å². The molecule has 2 aromatic rings. The first-order valence-corrected chi connectivity index (χ1v) is 9.20. The van der Waals surface area contributed by atoms with E-state index in [0.717, 1.165) is 37.7 Å². The Morgan fingerprint density at radius 1 is 1.08 bits per heavy atom. The number of carbonyl (C=O) groups excluding carboxylic acids is 1. The summed E-state index contributed by atoms with van der Waals surface area (Å²) in [5.41, 5.74) is -0.170. The van der Waals surface area contributed by atoms with Gasteiger partial charge in [0.1, 0.15) is 11.1 Å². The number of nitrogens with zero attached hydrogens (tertiary/aromatic N) is 2. The minimum atomic E-state index is -0.562. The third-order valence-electron chi connectivity index (χ3n) is 5.78. The van der Waals surface area contributed by atoms with E-state index in [9.17, 15) is 9.59 Å². The zero-order valence-electron chi connectivity index (χ0n) is 15.1. The molecule has 2 aliphatic heterocycles. The Kier molecular flexibility index (Phi) is 4.54. The molecule has 0 radical (unpaired) electrons. The quantitative estimate of drug-likeness (QED) is 0.733. The number of hydrogen-bond acceptors (Lipinski definition) is 5. The average Bonchev–Trinajstić information content (AvgIpc) is 2.81. The van der Waals surface area contributed by atoms with Crippen molar-refractivity contribution in [3.05, 3.63) is 46.3 Å². The molecule has 0 N–H and O–H groups in total. The van der Waals surface area contributed by atoms with Gasteiger partial charge in [0.2, 0.25) is 0 Å². The van der Waals surface area contributed by atoms with Gasteiger partial charge in [-0.05, 0) is 38.4 Å². The molecule has 1 spiro atoms. The highest BCUT2D eigenvalue weighted by Gasteiger charge is 2.43. The highest BCUT2D eigenvalue weighted by molar-refractivity contribution is 5.97. The summed E-state index contributed by atoms with van der Waals surface area (Å²) in [4.78, 5) is 30.1. The van der Waals surface area contributed by atoms with Crippen LogP contribution in [0.2, 0.25) is 0 Å². The van der Waals surface area contributed by atoms with Gasteiger partial charge >= 0.3 is 5.63 Å². The van der Waals surface area contributed by atoms with Crippen molar-refractivity contribution in [2.24, 2.45) is 0 Å². The predicted octanol–water partition coefficient (Wildman–Crippen LogP) is 2.12. The lowest BCUT2D eigenvalue weighted by atomic mass is 9.84. The molecule has 2 saturated heterocycles. The first-order valence-electron chi connectivity index (χ1n) is 9.20. The van der Waals surface area contributed by atoms with Gasteiger partial charge in [-0.15, -0.1) is 0 Å². The summed E-state index contributed by atoms with van der Waals surface area (Å²) in [5.74, 6) is -0.221. The molecule has 26 heavy (non-hydrogen) atoms. The second-order valence-electron chi connectivity index (χ2n) is 7.33. The van der Waals surface area contributed by atoms with E-state index in [-0.39, 0.29) is 17.0 Å². The molecule has 0 bridgehead atoms. The summed E-state index contributed by atoms with van der Waals surface area (Å²) < 4.78 is 10.9. The van der Waals surface area contributed by atoms with Crippen LogP contribution in [0.5, 0.6) is 0 Å². The molecule has 1 aromatic carbocycles. The van der Waals surface area contributed by atoms with Crippen LogP contribution in [0.4, 0.5) is 0 Å². The maximum absolute atomic E-state index is 13.4. The average molecular weight is 356 g/mol. The van der Waals surface area contributed by atoms with Gasteiger partial charge < -0.3 is 19.0 Å². The highest BCUT2D eigenvalue weighted by Crippen LogP contribution is 2.34. The minimum Gasteiger partial charge on any atom is -0.422 e. The Labute approximate surface area is 152 Å². The summed E-state index contributed by atoms with van der Waals surface area (Å²) in [7, 11) is 2.07. The summed E-state index contributed by atoms with van der Waals surface area (Å²) >= 11 is 0. The Morgan fingerprint density at radius 3 is 2.65 bits per heavy atom. The van der Waals surface area contributed by atoms with Gasteiger partial charge in [-0.2, -0.15) is 0 Å². The van der Waals surface area contributed by atoms with Crippen LogP contribution < -0.4 is 5.63 Å².